The summed E-state index contributed by atoms with van der Waals surface area (Å²) in [7, 11) is 1.46. The van der Waals surface area contributed by atoms with Crippen LogP contribution in [0.3, 0.4) is 0 Å². The van der Waals surface area contributed by atoms with E-state index in [0.717, 1.165) is 49.8 Å². The summed E-state index contributed by atoms with van der Waals surface area (Å²) in [6, 6.07) is 16.3. The van der Waals surface area contributed by atoms with Gasteiger partial charge in [0.05, 0.1) is 12.7 Å². The average molecular weight is 528 g/mol. The summed E-state index contributed by atoms with van der Waals surface area (Å²) in [5, 5.41) is 13.4. The first-order valence-corrected chi connectivity index (χ1v) is 13.1. The highest BCUT2D eigenvalue weighted by molar-refractivity contribution is 6.09. The summed E-state index contributed by atoms with van der Waals surface area (Å²) in [4.78, 5) is 45.8. The van der Waals surface area contributed by atoms with Crippen LogP contribution in [-0.2, 0) is 16.1 Å². The topological polar surface area (TPSA) is 109 Å². The van der Waals surface area contributed by atoms with Crippen molar-refractivity contribution in [1.82, 2.24) is 15.2 Å². The Hall–Kier alpha value is -4.46. The molecule has 8 heteroatoms. The molecule has 4 rings (SSSR count). The first kappa shape index (κ1) is 27.6. The molecule has 0 bridgehead atoms. The number of phenolic OH excluding ortho intramolecular Hbond substituents is 1. The number of nitrogens with zero attached hydrogens (tertiary/aromatic N) is 2. The van der Waals surface area contributed by atoms with Crippen LogP contribution in [0.15, 0.2) is 85.2 Å². The lowest BCUT2D eigenvalue weighted by Crippen LogP contribution is -2.46. The normalized spacial score (nSPS) is 14.5. The molecule has 0 aliphatic heterocycles. The Morgan fingerprint density at radius 1 is 1.03 bits per heavy atom. The molecule has 1 aliphatic rings. The Balaban J connectivity index is 1.65. The quantitative estimate of drug-likeness (QED) is 0.291. The first-order chi connectivity index (χ1) is 19.0. The van der Waals surface area contributed by atoms with Gasteiger partial charge in [0.15, 0.2) is 5.78 Å². The predicted molar refractivity (Wildman–Crippen MR) is 147 cm³/mol. The van der Waals surface area contributed by atoms with Gasteiger partial charge in [-0.25, -0.2) is 0 Å². The maximum absolute atomic E-state index is 13.8. The SMILES string of the molecule is COc1ccc(C(=O)/C=C/C(=O)N(Cc2ccccc2)C(C(=O)NC2CCCCC2)c2ccncc2)c(O)c1. The molecule has 202 valence electrons. The summed E-state index contributed by atoms with van der Waals surface area (Å²) in [5.41, 5.74) is 1.49. The van der Waals surface area contributed by atoms with Crippen LogP contribution in [0.4, 0.5) is 0 Å². The minimum absolute atomic E-state index is 0.0372. The fourth-order valence-corrected chi connectivity index (χ4v) is 4.80. The Morgan fingerprint density at radius 3 is 2.41 bits per heavy atom. The minimum atomic E-state index is -0.934. The predicted octanol–water partition coefficient (Wildman–Crippen LogP) is 4.75. The number of phenols is 1. The molecule has 2 amide bonds. The Labute approximate surface area is 228 Å². The van der Waals surface area contributed by atoms with Gasteiger partial charge in [0, 0.05) is 37.1 Å². The van der Waals surface area contributed by atoms with Gasteiger partial charge in [-0.05, 0) is 54.3 Å². The number of carbonyl (C=O) groups excluding carboxylic acids is 3. The Morgan fingerprint density at radius 2 is 1.74 bits per heavy atom. The van der Waals surface area contributed by atoms with E-state index in [9.17, 15) is 19.5 Å². The van der Waals surface area contributed by atoms with Gasteiger partial charge >= 0.3 is 0 Å². The maximum Gasteiger partial charge on any atom is 0.247 e. The number of aromatic nitrogens is 1. The highest BCUT2D eigenvalue weighted by Crippen LogP contribution is 2.27. The lowest BCUT2D eigenvalue weighted by atomic mass is 9.94. The number of aromatic hydroxyl groups is 1. The van der Waals surface area contributed by atoms with Gasteiger partial charge in [-0.1, -0.05) is 49.6 Å². The maximum atomic E-state index is 13.8. The first-order valence-electron chi connectivity index (χ1n) is 13.1. The zero-order chi connectivity index (χ0) is 27.6. The molecular formula is C31H33N3O5. The molecular weight excluding hydrogens is 494 g/mol. The van der Waals surface area contributed by atoms with Gasteiger partial charge in [0.1, 0.15) is 17.5 Å². The van der Waals surface area contributed by atoms with Crippen molar-refractivity contribution in [3.8, 4) is 11.5 Å². The van der Waals surface area contributed by atoms with E-state index in [2.05, 4.69) is 10.3 Å². The highest BCUT2D eigenvalue weighted by atomic mass is 16.5. The van der Waals surface area contributed by atoms with E-state index in [1.807, 2.05) is 30.3 Å². The van der Waals surface area contributed by atoms with Gasteiger partial charge in [-0.3, -0.25) is 19.4 Å². The van der Waals surface area contributed by atoms with E-state index >= 15 is 0 Å². The molecule has 0 saturated heterocycles. The second-order valence-electron chi connectivity index (χ2n) is 9.56. The van der Waals surface area contributed by atoms with Crippen molar-refractivity contribution < 1.29 is 24.2 Å². The van der Waals surface area contributed by atoms with Crippen molar-refractivity contribution in [3.63, 3.8) is 0 Å². The fraction of sp³-hybridized carbons (Fsp3) is 0.290. The fourth-order valence-electron chi connectivity index (χ4n) is 4.80. The van der Waals surface area contributed by atoms with Gasteiger partial charge < -0.3 is 20.1 Å². The summed E-state index contributed by atoms with van der Waals surface area (Å²) in [5.74, 6) is -1.18. The van der Waals surface area contributed by atoms with E-state index in [4.69, 9.17) is 4.74 Å². The number of allylic oxidation sites excluding steroid dienone is 1. The number of rotatable bonds is 10. The number of amides is 2. The van der Waals surface area contributed by atoms with E-state index < -0.39 is 17.7 Å². The van der Waals surface area contributed by atoms with Gasteiger partial charge in [0.25, 0.3) is 0 Å². The zero-order valence-electron chi connectivity index (χ0n) is 22.0. The smallest absolute Gasteiger partial charge is 0.247 e. The minimum Gasteiger partial charge on any atom is -0.507 e. The third-order valence-electron chi connectivity index (χ3n) is 6.86. The van der Waals surface area contributed by atoms with E-state index in [1.54, 1.807) is 30.6 Å². The molecule has 1 saturated carbocycles. The molecule has 2 aromatic carbocycles. The zero-order valence-corrected chi connectivity index (χ0v) is 22.0. The summed E-state index contributed by atoms with van der Waals surface area (Å²) < 4.78 is 5.07. The molecule has 1 aromatic heterocycles. The number of ketones is 1. The molecule has 3 aromatic rings. The number of hydrogen-bond donors (Lipinski definition) is 2. The van der Waals surface area contributed by atoms with Crippen LogP contribution in [0, 0.1) is 0 Å². The Bertz CT molecular complexity index is 1300. The third-order valence-corrected chi connectivity index (χ3v) is 6.86. The van der Waals surface area contributed by atoms with E-state index in [1.165, 1.54) is 24.1 Å². The highest BCUT2D eigenvalue weighted by Gasteiger charge is 2.32. The number of methoxy groups -OCH3 is 1. The van der Waals surface area contributed by atoms with E-state index in [-0.39, 0.29) is 29.8 Å². The van der Waals surface area contributed by atoms with Crippen LogP contribution in [0.1, 0.15) is 59.6 Å². The molecule has 1 aliphatic carbocycles. The van der Waals surface area contributed by atoms with Crippen molar-refractivity contribution in [2.45, 2.75) is 50.7 Å². The molecule has 1 unspecified atom stereocenters. The van der Waals surface area contributed by atoms with Crippen molar-refractivity contribution in [3.05, 3.63) is 102 Å². The molecule has 0 spiro atoms. The van der Waals surface area contributed by atoms with Crippen molar-refractivity contribution >= 4 is 17.6 Å². The number of nitrogens with one attached hydrogen (secondary N) is 1. The summed E-state index contributed by atoms with van der Waals surface area (Å²) in [6.45, 7) is 0.150. The molecule has 0 radical (unpaired) electrons. The lowest BCUT2D eigenvalue weighted by Gasteiger charge is -2.33. The standard InChI is InChI=1S/C31H33N3O5/c1-39-25-12-13-26(28(36)20-25)27(35)14-15-29(37)34(21-22-8-4-2-5-9-22)30(23-16-18-32-19-17-23)31(38)33-24-10-6-3-7-11-24/h2,4-5,8-9,12-20,24,30,36H,3,6-7,10-11,21H2,1H3,(H,33,38)/b15-14+. The van der Waals surface area contributed by atoms with Crippen LogP contribution < -0.4 is 10.1 Å². The van der Waals surface area contributed by atoms with Crippen LogP contribution in [0.5, 0.6) is 11.5 Å². The molecule has 1 heterocycles. The average Bonchev–Trinajstić information content (AvgIpc) is 2.97. The lowest BCUT2D eigenvalue weighted by molar-refractivity contribution is -0.138. The van der Waals surface area contributed by atoms with Crippen LogP contribution in [-0.4, -0.2) is 45.7 Å². The second kappa shape index (κ2) is 13.4. The van der Waals surface area contributed by atoms with E-state index in [0.29, 0.717) is 11.3 Å². The summed E-state index contributed by atoms with van der Waals surface area (Å²) in [6.07, 6.45) is 10.5. The molecule has 2 N–H and O–H groups in total. The number of carbonyl (C=O) groups is 3. The molecule has 39 heavy (non-hydrogen) atoms. The second-order valence-corrected chi connectivity index (χ2v) is 9.56. The summed E-state index contributed by atoms with van der Waals surface area (Å²) >= 11 is 0. The van der Waals surface area contributed by atoms with Gasteiger partial charge in [-0.15, -0.1) is 0 Å². The van der Waals surface area contributed by atoms with Crippen LogP contribution in [0.2, 0.25) is 0 Å². The van der Waals surface area contributed by atoms with Crippen molar-refractivity contribution in [2.24, 2.45) is 0 Å². The van der Waals surface area contributed by atoms with Gasteiger partial charge in [0.2, 0.25) is 11.8 Å². The molecule has 1 atom stereocenters. The molecule has 8 nitrogen and oxygen atoms in total. The number of pyridine rings is 1. The number of hydrogen-bond acceptors (Lipinski definition) is 6. The van der Waals surface area contributed by atoms with Crippen LogP contribution in [0.25, 0.3) is 0 Å². The number of benzene rings is 2. The monoisotopic (exact) mass is 527 g/mol. The van der Waals surface area contributed by atoms with Crippen molar-refractivity contribution in [2.75, 3.05) is 7.11 Å². The Kier molecular flexibility index (Phi) is 9.45. The van der Waals surface area contributed by atoms with Crippen molar-refractivity contribution in [1.29, 1.82) is 0 Å². The largest absolute Gasteiger partial charge is 0.507 e. The number of ether oxygens (including phenoxy) is 1. The third kappa shape index (κ3) is 7.31. The molecule has 1 fully saturated rings. The van der Waals surface area contributed by atoms with Crippen LogP contribution >= 0.6 is 0 Å². The van der Waals surface area contributed by atoms with Gasteiger partial charge in [-0.2, -0.15) is 0 Å².